The molecule has 0 unspecified atom stereocenters. The number of amides is 1. The van der Waals surface area contributed by atoms with Gasteiger partial charge in [-0.05, 0) is 56.2 Å². The molecule has 1 saturated carbocycles. The van der Waals surface area contributed by atoms with E-state index in [1.807, 2.05) is 6.26 Å². The molecule has 1 aromatic heterocycles. The average molecular weight is 498 g/mol. The minimum absolute atomic E-state index is 0.0333. The lowest BCUT2D eigenvalue weighted by molar-refractivity contribution is -0.121. The van der Waals surface area contributed by atoms with Crippen molar-refractivity contribution in [1.29, 1.82) is 0 Å². The highest BCUT2D eigenvalue weighted by molar-refractivity contribution is 7.98. The zero-order valence-corrected chi connectivity index (χ0v) is 20.8. The van der Waals surface area contributed by atoms with Crippen LogP contribution in [-0.2, 0) is 21.2 Å². The molecule has 0 atom stereocenters. The highest BCUT2D eigenvalue weighted by atomic mass is 32.2. The summed E-state index contributed by atoms with van der Waals surface area (Å²) in [5.74, 6) is 0.384. The third-order valence-electron chi connectivity index (χ3n) is 5.91. The van der Waals surface area contributed by atoms with Crippen molar-refractivity contribution in [2.75, 3.05) is 26.4 Å². The van der Waals surface area contributed by atoms with E-state index in [1.54, 1.807) is 11.8 Å². The third kappa shape index (κ3) is 6.77. The molecule has 0 bridgehead atoms. The number of carbonyl (C=O) groups excluding carboxylic acids is 1. The summed E-state index contributed by atoms with van der Waals surface area (Å²) in [6, 6.07) is 5.20. The van der Waals surface area contributed by atoms with Crippen molar-refractivity contribution in [3.8, 4) is 0 Å². The van der Waals surface area contributed by atoms with Gasteiger partial charge in [-0.25, -0.2) is 17.1 Å². The minimum Gasteiger partial charge on any atom is -0.356 e. The van der Waals surface area contributed by atoms with Crippen molar-refractivity contribution in [3.63, 3.8) is 0 Å². The molecular formula is C22H32FN5O3S2. The maximum absolute atomic E-state index is 13.0. The third-order valence-corrected chi connectivity index (χ3v) is 8.42. The van der Waals surface area contributed by atoms with Crippen LogP contribution in [0.25, 0.3) is 0 Å². The van der Waals surface area contributed by atoms with Crippen LogP contribution in [-0.4, -0.2) is 59.8 Å². The van der Waals surface area contributed by atoms with E-state index < -0.39 is 15.8 Å². The summed E-state index contributed by atoms with van der Waals surface area (Å²) in [7, 11) is -2.24. The number of hydrogen-bond acceptors (Lipinski definition) is 6. The van der Waals surface area contributed by atoms with Gasteiger partial charge in [-0.3, -0.25) is 4.79 Å². The van der Waals surface area contributed by atoms with E-state index >= 15 is 0 Å². The molecule has 0 aliphatic heterocycles. The van der Waals surface area contributed by atoms with Gasteiger partial charge < -0.3 is 9.88 Å². The Labute approximate surface area is 199 Å². The summed E-state index contributed by atoms with van der Waals surface area (Å²) in [6.45, 7) is 0.740. The molecule has 0 spiro atoms. The van der Waals surface area contributed by atoms with Crippen LogP contribution in [0.3, 0.4) is 0 Å². The van der Waals surface area contributed by atoms with Crippen molar-refractivity contribution >= 4 is 27.7 Å². The van der Waals surface area contributed by atoms with Crippen LogP contribution in [0.5, 0.6) is 0 Å². The first-order valence-corrected chi connectivity index (χ1v) is 14.0. The number of benzene rings is 1. The van der Waals surface area contributed by atoms with Gasteiger partial charge in [-0.1, -0.05) is 24.6 Å². The van der Waals surface area contributed by atoms with Crippen molar-refractivity contribution < 1.29 is 17.6 Å². The lowest BCUT2D eigenvalue weighted by Crippen LogP contribution is -2.30. The van der Waals surface area contributed by atoms with Gasteiger partial charge in [0.25, 0.3) is 0 Å². The standard InChI is InChI=1S/C22H32FN5O3S2/c1-27(33(30,31)19-13-11-17(23)12-14-19)16-6-10-21(29)24-15-5-9-20-25-26-22(32-2)28(20)18-7-3-4-8-18/h11-14,18H,3-10,15-16H2,1-2H3,(H,24,29). The number of rotatable bonds is 12. The van der Waals surface area contributed by atoms with E-state index in [2.05, 4.69) is 20.1 Å². The summed E-state index contributed by atoms with van der Waals surface area (Å²) < 4.78 is 41.5. The van der Waals surface area contributed by atoms with E-state index in [1.165, 1.54) is 49.2 Å². The van der Waals surface area contributed by atoms with Gasteiger partial charge in [0.1, 0.15) is 11.6 Å². The highest BCUT2D eigenvalue weighted by Crippen LogP contribution is 2.33. The monoisotopic (exact) mass is 497 g/mol. The number of halogens is 1. The second-order valence-corrected chi connectivity index (χ2v) is 11.1. The Morgan fingerprint density at radius 3 is 2.58 bits per heavy atom. The van der Waals surface area contributed by atoms with Crippen molar-refractivity contribution in [2.45, 2.75) is 67.5 Å². The quantitative estimate of drug-likeness (QED) is 0.357. The van der Waals surface area contributed by atoms with Crippen molar-refractivity contribution in [3.05, 3.63) is 35.9 Å². The number of aryl methyl sites for hydroxylation is 1. The molecule has 2 aromatic rings. The lowest BCUT2D eigenvalue weighted by atomic mass is 10.2. The number of nitrogens with one attached hydrogen (secondary N) is 1. The predicted molar refractivity (Wildman–Crippen MR) is 126 cm³/mol. The van der Waals surface area contributed by atoms with Crippen LogP contribution in [0.1, 0.15) is 56.8 Å². The van der Waals surface area contributed by atoms with Crippen LogP contribution < -0.4 is 5.32 Å². The van der Waals surface area contributed by atoms with Crippen LogP contribution in [0, 0.1) is 5.82 Å². The summed E-state index contributed by atoms with van der Waals surface area (Å²) in [5.41, 5.74) is 0. The van der Waals surface area contributed by atoms with E-state index in [0.717, 1.165) is 36.0 Å². The molecule has 3 rings (SSSR count). The molecule has 8 nitrogen and oxygen atoms in total. The van der Waals surface area contributed by atoms with Gasteiger partial charge in [0.05, 0.1) is 4.90 Å². The summed E-state index contributed by atoms with van der Waals surface area (Å²) in [6.07, 6.45) is 8.99. The Balaban J connectivity index is 1.38. The molecule has 1 aromatic carbocycles. The number of aromatic nitrogens is 3. The van der Waals surface area contributed by atoms with Gasteiger partial charge in [-0.2, -0.15) is 0 Å². The molecule has 33 heavy (non-hydrogen) atoms. The molecule has 1 aliphatic rings. The van der Waals surface area contributed by atoms with Gasteiger partial charge >= 0.3 is 0 Å². The SMILES string of the molecule is CSc1nnc(CCCNC(=O)CCCN(C)S(=O)(=O)c2ccc(F)cc2)n1C1CCCC1. The Morgan fingerprint density at radius 2 is 1.91 bits per heavy atom. The maximum Gasteiger partial charge on any atom is 0.242 e. The van der Waals surface area contributed by atoms with Gasteiger partial charge in [0.2, 0.25) is 15.9 Å². The highest BCUT2D eigenvalue weighted by Gasteiger charge is 2.23. The first-order valence-electron chi connectivity index (χ1n) is 11.3. The van der Waals surface area contributed by atoms with Gasteiger partial charge in [0.15, 0.2) is 5.16 Å². The van der Waals surface area contributed by atoms with Gasteiger partial charge in [0, 0.05) is 39.0 Å². The van der Waals surface area contributed by atoms with E-state index in [4.69, 9.17) is 0 Å². The molecule has 11 heteroatoms. The zero-order valence-electron chi connectivity index (χ0n) is 19.2. The molecule has 0 radical (unpaired) electrons. The normalized spacial score (nSPS) is 14.8. The van der Waals surface area contributed by atoms with Crippen molar-refractivity contribution in [2.24, 2.45) is 0 Å². The molecule has 1 amide bonds. The largest absolute Gasteiger partial charge is 0.356 e. The molecule has 1 N–H and O–H groups in total. The van der Waals surface area contributed by atoms with E-state index in [0.29, 0.717) is 19.0 Å². The fourth-order valence-electron chi connectivity index (χ4n) is 4.08. The van der Waals surface area contributed by atoms with E-state index in [-0.39, 0.29) is 23.8 Å². The Hall–Kier alpha value is -1.98. The average Bonchev–Trinajstić information content (AvgIpc) is 3.46. The number of carbonyl (C=O) groups is 1. The van der Waals surface area contributed by atoms with Gasteiger partial charge in [-0.15, -0.1) is 10.2 Å². The molecule has 182 valence electrons. The topological polar surface area (TPSA) is 97.2 Å². The molecule has 1 heterocycles. The van der Waals surface area contributed by atoms with Crippen LogP contribution >= 0.6 is 11.8 Å². The number of hydrogen-bond donors (Lipinski definition) is 1. The zero-order chi connectivity index (χ0) is 23.8. The van der Waals surface area contributed by atoms with Crippen molar-refractivity contribution in [1.82, 2.24) is 24.4 Å². The summed E-state index contributed by atoms with van der Waals surface area (Å²) in [4.78, 5) is 12.2. The Kier molecular flexibility index (Phi) is 9.27. The number of sulfonamides is 1. The first kappa shape index (κ1) is 25.6. The molecule has 0 saturated heterocycles. The maximum atomic E-state index is 13.0. The van der Waals surface area contributed by atoms with Crippen LogP contribution in [0.4, 0.5) is 4.39 Å². The molecule has 1 aliphatic carbocycles. The minimum atomic E-state index is -3.70. The van der Waals surface area contributed by atoms with Crippen LogP contribution in [0.15, 0.2) is 34.3 Å². The molecule has 1 fully saturated rings. The molecular weight excluding hydrogens is 465 g/mol. The predicted octanol–water partition coefficient (Wildman–Crippen LogP) is 3.40. The second kappa shape index (κ2) is 11.9. The summed E-state index contributed by atoms with van der Waals surface area (Å²) in [5, 5.41) is 12.5. The van der Waals surface area contributed by atoms with E-state index in [9.17, 15) is 17.6 Å². The second-order valence-electron chi connectivity index (χ2n) is 8.25. The smallest absolute Gasteiger partial charge is 0.242 e. The number of thioether (sulfide) groups is 1. The summed E-state index contributed by atoms with van der Waals surface area (Å²) >= 11 is 1.62. The Bertz CT molecular complexity index is 1020. The Morgan fingerprint density at radius 1 is 1.21 bits per heavy atom. The number of nitrogens with zero attached hydrogens (tertiary/aromatic N) is 4. The fraction of sp³-hybridized carbons (Fsp3) is 0.591. The fourth-order valence-corrected chi connectivity index (χ4v) is 5.86. The lowest BCUT2D eigenvalue weighted by Gasteiger charge is -2.17. The first-order chi connectivity index (χ1) is 15.8. The van der Waals surface area contributed by atoms with Crippen LogP contribution in [0.2, 0.25) is 0 Å².